The molecule has 0 saturated heterocycles. The summed E-state index contributed by atoms with van der Waals surface area (Å²) in [6, 6.07) is 12.7. The van der Waals surface area contributed by atoms with Crippen molar-refractivity contribution in [3.8, 4) is 5.75 Å². The largest absolute Gasteiger partial charge is 0.497 e. The third-order valence-electron chi connectivity index (χ3n) is 5.14. The van der Waals surface area contributed by atoms with Crippen LogP contribution >= 0.6 is 11.8 Å². The number of urea groups is 1. The SMILES string of the molecule is COc1ccc2c(c1)CN(C(=O)NCc1ccc3c(c1)CCC3)CCS2. The van der Waals surface area contributed by atoms with Crippen molar-refractivity contribution in [3.05, 3.63) is 58.7 Å². The maximum atomic E-state index is 12.7. The fourth-order valence-electron chi connectivity index (χ4n) is 3.70. The molecule has 2 amide bonds. The van der Waals surface area contributed by atoms with Gasteiger partial charge in [-0.05, 0) is 59.7 Å². The Morgan fingerprint density at radius 1 is 1.15 bits per heavy atom. The number of carbonyl (C=O) groups is 1. The molecule has 0 saturated carbocycles. The summed E-state index contributed by atoms with van der Waals surface area (Å²) >= 11 is 1.80. The molecule has 0 radical (unpaired) electrons. The van der Waals surface area contributed by atoms with Crippen molar-refractivity contribution in [1.82, 2.24) is 10.2 Å². The van der Waals surface area contributed by atoms with Gasteiger partial charge in [-0.25, -0.2) is 4.79 Å². The molecule has 0 unspecified atom stereocenters. The Morgan fingerprint density at radius 2 is 2.04 bits per heavy atom. The fraction of sp³-hybridized carbons (Fsp3) is 0.381. The minimum atomic E-state index is 0.00164. The number of fused-ring (bicyclic) bond motifs is 2. The first-order valence-electron chi connectivity index (χ1n) is 9.16. The average molecular weight is 369 g/mol. The van der Waals surface area contributed by atoms with Gasteiger partial charge >= 0.3 is 6.03 Å². The summed E-state index contributed by atoms with van der Waals surface area (Å²) in [6.45, 7) is 1.95. The highest BCUT2D eigenvalue weighted by atomic mass is 32.2. The number of carbonyl (C=O) groups excluding carboxylic acids is 1. The van der Waals surface area contributed by atoms with Crippen molar-refractivity contribution in [2.75, 3.05) is 19.4 Å². The lowest BCUT2D eigenvalue weighted by Crippen LogP contribution is -2.39. The second-order valence-corrected chi connectivity index (χ2v) is 8.00. The van der Waals surface area contributed by atoms with Gasteiger partial charge in [0, 0.05) is 30.3 Å². The summed E-state index contributed by atoms with van der Waals surface area (Å²) in [5.41, 5.74) is 5.25. The van der Waals surface area contributed by atoms with Gasteiger partial charge in [0.05, 0.1) is 7.11 Å². The molecule has 0 fully saturated rings. The highest BCUT2D eigenvalue weighted by molar-refractivity contribution is 7.99. The van der Waals surface area contributed by atoms with Crippen LogP contribution in [0.15, 0.2) is 41.3 Å². The number of aryl methyl sites for hydroxylation is 2. The van der Waals surface area contributed by atoms with E-state index >= 15 is 0 Å². The van der Waals surface area contributed by atoms with Crippen LogP contribution in [0.5, 0.6) is 5.75 Å². The first-order chi connectivity index (χ1) is 12.7. The van der Waals surface area contributed by atoms with Crippen molar-refractivity contribution in [1.29, 1.82) is 0 Å². The van der Waals surface area contributed by atoms with Crippen molar-refractivity contribution in [2.24, 2.45) is 0 Å². The van der Waals surface area contributed by atoms with Gasteiger partial charge in [-0.1, -0.05) is 18.2 Å². The van der Waals surface area contributed by atoms with Crippen molar-refractivity contribution >= 4 is 17.8 Å². The molecule has 1 heterocycles. The van der Waals surface area contributed by atoms with E-state index in [9.17, 15) is 4.79 Å². The predicted molar refractivity (Wildman–Crippen MR) is 105 cm³/mol. The molecule has 2 aromatic carbocycles. The Bertz CT molecular complexity index is 822. The molecule has 0 bridgehead atoms. The molecule has 4 nitrogen and oxygen atoms in total. The molecular weight excluding hydrogens is 344 g/mol. The predicted octanol–water partition coefficient (Wildman–Crippen LogP) is 4.00. The maximum absolute atomic E-state index is 12.7. The lowest BCUT2D eigenvalue weighted by atomic mass is 10.1. The number of thioether (sulfide) groups is 1. The van der Waals surface area contributed by atoms with Crippen molar-refractivity contribution < 1.29 is 9.53 Å². The van der Waals surface area contributed by atoms with Gasteiger partial charge in [-0.3, -0.25) is 0 Å². The smallest absolute Gasteiger partial charge is 0.317 e. The number of methoxy groups -OCH3 is 1. The molecular formula is C21H24N2O2S. The third kappa shape index (κ3) is 3.68. The van der Waals surface area contributed by atoms with E-state index < -0.39 is 0 Å². The Balaban J connectivity index is 1.41. The lowest BCUT2D eigenvalue weighted by molar-refractivity contribution is 0.198. The van der Waals surface area contributed by atoms with Crippen LogP contribution in [0, 0.1) is 0 Å². The zero-order valence-corrected chi connectivity index (χ0v) is 15.9. The average Bonchev–Trinajstić information content (AvgIpc) is 3.03. The van der Waals surface area contributed by atoms with Crippen LogP contribution in [0.1, 0.15) is 28.7 Å². The quantitative estimate of drug-likeness (QED) is 0.890. The van der Waals surface area contributed by atoms with Crippen molar-refractivity contribution in [3.63, 3.8) is 0 Å². The van der Waals surface area contributed by atoms with E-state index in [1.807, 2.05) is 17.0 Å². The minimum absolute atomic E-state index is 0.00164. The van der Waals surface area contributed by atoms with Gasteiger partial charge in [-0.2, -0.15) is 0 Å². The normalized spacial score (nSPS) is 15.8. The molecule has 1 N–H and O–H groups in total. The van der Waals surface area contributed by atoms with E-state index in [0.29, 0.717) is 13.1 Å². The van der Waals surface area contributed by atoms with Gasteiger partial charge in [0.25, 0.3) is 0 Å². The van der Waals surface area contributed by atoms with E-state index in [1.54, 1.807) is 18.9 Å². The number of amides is 2. The minimum Gasteiger partial charge on any atom is -0.497 e. The van der Waals surface area contributed by atoms with E-state index in [2.05, 4.69) is 29.6 Å². The molecule has 4 rings (SSSR count). The number of rotatable bonds is 3. The fourth-order valence-corrected chi connectivity index (χ4v) is 4.70. The highest BCUT2D eigenvalue weighted by Crippen LogP contribution is 2.30. The number of hydrogen-bond donors (Lipinski definition) is 1. The molecule has 136 valence electrons. The van der Waals surface area contributed by atoms with Gasteiger partial charge in [-0.15, -0.1) is 11.8 Å². The van der Waals surface area contributed by atoms with E-state index in [-0.39, 0.29) is 6.03 Å². The molecule has 0 atom stereocenters. The van der Waals surface area contributed by atoms with Gasteiger partial charge in [0.15, 0.2) is 0 Å². The summed E-state index contributed by atoms with van der Waals surface area (Å²) in [7, 11) is 1.67. The van der Waals surface area contributed by atoms with E-state index in [1.165, 1.54) is 40.8 Å². The van der Waals surface area contributed by atoms with Crippen LogP contribution in [-0.2, 0) is 25.9 Å². The lowest BCUT2D eigenvalue weighted by Gasteiger charge is -2.21. The number of nitrogens with zero attached hydrogens (tertiary/aromatic N) is 1. The molecule has 5 heteroatoms. The summed E-state index contributed by atoms with van der Waals surface area (Å²) < 4.78 is 5.33. The summed E-state index contributed by atoms with van der Waals surface area (Å²) in [6.07, 6.45) is 3.61. The Morgan fingerprint density at radius 3 is 2.92 bits per heavy atom. The standard InChI is InChI=1S/C21H24N2O2S/c1-25-19-7-8-20-18(12-19)14-23(9-10-26-20)21(24)22-13-15-5-6-16-3-2-4-17(16)11-15/h5-8,11-12H,2-4,9-10,13-14H2,1H3,(H,22,24). The molecule has 1 aliphatic carbocycles. The zero-order chi connectivity index (χ0) is 17.9. The molecule has 26 heavy (non-hydrogen) atoms. The number of nitrogens with one attached hydrogen (secondary N) is 1. The summed E-state index contributed by atoms with van der Waals surface area (Å²) in [5.74, 6) is 1.75. The monoisotopic (exact) mass is 368 g/mol. The topological polar surface area (TPSA) is 41.6 Å². The molecule has 0 aromatic heterocycles. The second kappa shape index (κ2) is 7.62. The van der Waals surface area contributed by atoms with Crippen LogP contribution in [-0.4, -0.2) is 30.3 Å². The molecule has 2 aromatic rings. The maximum Gasteiger partial charge on any atom is 0.317 e. The number of benzene rings is 2. The Labute approximate surface area is 158 Å². The first-order valence-corrected chi connectivity index (χ1v) is 10.1. The van der Waals surface area contributed by atoms with E-state index in [4.69, 9.17) is 4.74 Å². The van der Waals surface area contributed by atoms with E-state index in [0.717, 1.165) is 23.6 Å². The Kier molecular flexibility index (Phi) is 5.07. The Hall–Kier alpha value is -2.14. The zero-order valence-electron chi connectivity index (χ0n) is 15.1. The second-order valence-electron chi connectivity index (χ2n) is 6.86. The summed E-state index contributed by atoms with van der Waals surface area (Å²) in [5, 5.41) is 3.09. The summed E-state index contributed by atoms with van der Waals surface area (Å²) in [4.78, 5) is 15.8. The van der Waals surface area contributed by atoms with Crippen LogP contribution in [0.2, 0.25) is 0 Å². The number of hydrogen-bond acceptors (Lipinski definition) is 3. The molecule has 1 aliphatic heterocycles. The van der Waals surface area contributed by atoms with Crippen LogP contribution in [0.25, 0.3) is 0 Å². The highest BCUT2D eigenvalue weighted by Gasteiger charge is 2.20. The molecule has 0 spiro atoms. The van der Waals surface area contributed by atoms with Crippen LogP contribution < -0.4 is 10.1 Å². The van der Waals surface area contributed by atoms with Crippen molar-refractivity contribution in [2.45, 2.75) is 37.2 Å². The van der Waals surface area contributed by atoms with Crippen LogP contribution in [0.4, 0.5) is 4.79 Å². The van der Waals surface area contributed by atoms with Gasteiger partial charge in [0.1, 0.15) is 5.75 Å². The van der Waals surface area contributed by atoms with Gasteiger partial charge < -0.3 is 15.0 Å². The third-order valence-corrected chi connectivity index (χ3v) is 6.24. The van der Waals surface area contributed by atoms with Gasteiger partial charge in [0.2, 0.25) is 0 Å². The first kappa shape index (κ1) is 17.3. The van der Waals surface area contributed by atoms with Crippen LogP contribution in [0.3, 0.4) is 0 Å². The number of ether oxygens (including phenoxy) is 1. The molecule has 2 aliphatic rings.